The first-order valence-corrected chi connectivity index (χ1v) is 8.38. The largest absolute Gasteiger partial charge is 0.496 e. The molecule has 0 unspecified atom stereocenters. The summed E-state index contributed by atoms with van der Waals surface area (Å²) in [6.07, 6.45) is 0. The summed E-state index contributed by atoms with van der Waals surface area (Å²) in [6.45, 7) is 0. The first-order chi connectivity index (χ1) is 12.4. The molecule has 0 aliphatic rings. The highest BCUT2D eigenvalue weighted by molar-refractivity contribution is 9.10. The van der Waals surface area contributed by atoms with Gasteiger partial charge in [-0.05, 0) is 36.4 Å². The predicted octanol–water partition coefficient (Wildman–Crippen LogP) is 4.38. The second-order valence-corrected chi connectivity index (χ2v) is 6.02. The summed E-state index contributed by atoms with van der Waals surface area (Å²) in [5.41, 5.74) is 0.794. The fourth-order valence-electron chi connectivity index (χ4n) is 1.89. The Hall–Kier alpha value is -2.25. The highest BCUT2D eigenvalue weighted by atomic mass is 79.9. The molecular formula is C18H18BrClO6. The number of carbonyl (C=O) groups excluding carboxylic acids is 2. The molecule has 2 aromatic carbocycles. The minimum atomic E-state index is -0.437. The molecule has 26 heavy (non-hydrogen) atoms. The first-order valence-electron chi connectivity index (χ1n) is 7.21. The predicted molar refractivity (Wildman–Crippen MR) is 101 cm³/mol. The van der Waals surface area contributed by atoms with Gasteiger partial charge in [0.25, 0.3) is 0 Å². The van der Waals surface area contributed by atoms with Crippen LogP contribution in [0.1, 0.15) is 20.7 Å². The Morgan fingerprint density at radius 2 is 1.27 bits per heavy atom. The summed E-state index contributed by atoms with van der Waals surface area (Å²) in [4.78, 5) is 22.3. The van der Waals surface area contributed by atoms with Crippen LogP contribution in [0.3, 0.4) is 0 Å². The summed E-state index contributed by atoms with van der Waals surface area (Å²) in [6, 6.07) is 9.85. The standard InChI is InChI=1S/C9H9BrO3.C9H9ClO3/c2*1-12-8-5-6(10)3-4-7(8)9(11)13-2/h2*3-5H,1-2H3. The summed E-state index contributed by atoms with van der Waals surface area (Å²) >= 11 is 8.99. The van der Waals surface area contributed by atoms with Gasteiger partial charge in [-0.1, -0.05) is 27.5 Å². The average molecular weight is 446 g/mol. The van der Waals surface area contributed by atoms with Gasteiger partial charge < -0.3 is 18.9 Å². The number of rotatable bonds is 4. The van der Waals surface area contributed by atoms with E-state index in [1.54, 1.807) is 36.4 Å². The van der Waals surface area contributed by atoms with E-state index in [1.807, 2.05) is 0 Å². The van der Waals surface area contributed by atoms with Crippen LogP contribution >= 0.6 is 27.5 Å². The molecule has 0 aromatic heterocycles. The van der Waals surface area contributed by atoms with Crippen molar-refractivity contribution in [1.29, 1.82) is 0 Å². The van der Waals surface area contributed by atoms with Crippen molar-refractivity contribution in [2.75, 3.05) is 28.4 Å². The van der Waals surface area contributed by atoms with Gasteiger partial charge in [-0.15, -0.1) is 0 Å². The molecule has 2 aromatic rings. The van der Waals surface area contributed by atoms with E-state index in [0.29, 0.717) is 27.6 Å². The lowest BCUT2D eigenvalue weighted by atomic mass is 10.2. The summed E-state index contributed by atoms with van der Waals surface area (Å²) in [7, 11) is 5.63. The second kappa shape index (κ2) is 10.7. The molecule has 0 saturated heterocycles. The fraction of sp³-hybridized carbons (Fsp3) is 0.222. The fourth-order valence-corrected chi connectivity index (χ4v) is 2.39. The molecule has 0 saturated carbocycles. The van der Waals surface area contributed by atoms with Gasteiger partial charge in [-0.2, -0.15) is 0 Å². The highest BCUT2D eigenvalue weighted by Gasteiger charge is 2.12. The van der Waals surface area contributed by atoms with E-state index in [9.17, 15) is 9.59 Å². The van der Waals surface area contributed by atoms with Crippen LogP contribution in [-0.2, 0) is 9.47 Å². The highest BCUT2D eigenvalue weighted by Crippen LogP contribution is 2.24. The maximum absolute atomic E-state index is 11.2. The number of hydrogen-bond acceptors (Lipinski definition) is 6. The number of carbonyl (C=O) groups is 2. The van der Waals surface area contributed by atoms with Crippen molar-refractivity contribution >= 4 is 39.5 Å². The molecule has 140 valence electrons. The van der Waals surface area contributed by atoms with Gasteiger partial charge in [0.1, 0.15) is 22.6 Å². The van der Waals surface area contributed by atoms with Gasteiger partial charge in [-0.3, -0.25) is 0 Å². The van der Waals surface area contributed by atoms with Gasteiger partial charge in [0, 0.05) is 9.50 Å². The van der Waals surface area contributed by atoms with Crippen molar-refractivity contribution in [3.05, 3.63) is 57.0 Å². The molecule has 0 bridgehead atoms. The van der Waals surface area contributed by atoms with E-state index < -0.39 is 11.9 Å². The van der Waals surface area contributed by atoms with Crippen molar-refractivity contribution in [3.63, 3.8) is 0 Å². The van der Waals surface area contributed by atoms with Gasteiger partial charge in [0.2, 0.25) is 0 Å². The van der Waals surface area contributed by atoms with Crippen LogP contribution in [0, 0.1) is 0 Å². The monoisotopic (exact) mass is 444 g/mol. The molecule has 0 radical (unpaired) electrons. The number of hydrogen-bond donors (Lipinski definition) is 0. The third-order valence-corrected chi connectivity index (χ3v) is 3.87. The molecule has 0 spiro atoms. The number of ether oxygens (including phenoxy) is 4. The molecule has 0 amide bonds. The zero-order chi connectivity index (χ0) is 19.7. The molecule has 8 heteroatoms. The molecule has 0 aliphatic heterocycles. The van der Waals surface area contributed by atoms with E-state index >= 15 is 0 Å². The lowest BCUT2D eigenvalue weighted by Crippen LogP contribution is -2.03. The van der Waals surface area contributed by atoms with Gasteiger partial charge in [0.05, 0.1) is 28.4 Å². The maximum Gasteiger partial charge on any atom is 0.341 e. The Kier molecular flexibility index (Phi) is 8.95. The minimum absolute atomic E-state index is 0.370. The summed E-state index contributed by atoms with van der Waals surface area (Å²) in [5, 5.41) is 0.518. The minimum Gasteiger partial charge on any atom is -0.496 e. The third-order valence-electron chi connectivity index (χ3n) is 3.14. The number of benzene rings is 2. The Morgan fingerprint density at radius 3 is 1.73 bits per heavy atom. The Balaban J connectivity index is 0.000000260. The number of halogens is 2. The second-order valence-electron chi connectivity index (χ2n) is 4.67. The van der Waals surface area contributed by atoms with E-state index in [2.05, 4.69) is 25.4 Å². The first kappa shape index (κ1) is 21.8. The maximum atomic E-state index is 11.2. The lowest BCUT2D eigenvalue weighted by Gasteiger charge is -2.06. The molecule has 0 aliphatic carbocycles. The molecule has 2 rings (SSSR count). The van der Waals surface area contributed by atoms with Gasteiger partial charge in [0.15, 0.2) is 0 Å². The van der Waals surface area contributed by atoms with Crippen LogP contribution in [-0.4, -0.2) is 40.4 Å². The summed E-state index contributed by atoms with van der Waals surface area (Å²) in [5.74, 6) is 0.0819. The molecule has 0 N–H and O–H groups in total. The molecule has 0 heterocycles. The zero-order valence-electron chi connectivity index (χ0n) is 14.7. The van der Waals surface area contributed by atoms with Crippen LogP contribution in [0.5, 0.6) is 11.5 Å². The van der Waals surface area contributed by atoms with Gasteiger partial charge >= 0.3 is 11.9 Å². The third kappa shape index (κ3) is 5.93. The van der Waals surface area contributed by atoms with E-state index in [-0.39, 0.29) is 0 Å². The number of esters is 2. The zero-order valence-corrected chi connectivity index (χ0v) is 17.0. The van der Waals surface area contributed by atoms with Crippen LogP contribution in [0.15, 0.2) is 40.9 Å². The van der Waals surface area contributed by atoms with E-state index in [0.717, 1.165) is 4.47 Å². The quantitative estimate of drug-likeness (QED) is 0.651. The Bertz CT molecular complexity index is 713. The smallest absolute Gasteiger partial charge is 0.341 e. The molecular weight excluding hydrogens is 428 g/mol. The lowest BCUT2D eigenvalue weighted by molar-refractivity contribution is 0.0588. The molecule has 0 fully saturated rings. The SMILES string of the molecule is COC(=O)c1ccc(Br)cc1OC.COC(=O)c1ccc(Cl)cc1OC. The molecule has 0 atom stereocenters. The van der Waals surface area contributed by atoms with E-state index in [4.69, 9.17) is 21.1 Å². The topological polar surface area (TPSA) is 71.1 Å². The average Bonchev–Trinajstić information content (AvgIpc) is 2.66. The van der Waals surface area contributed by atoms with Crippen molar-refractivity contribution in [2.45, 2.75) is 0 Å². The van der Waals surface area contributed by atoms with Crippen molar-refractivity contribution in [1.82, 2.24) is 0 Å². The summed E-state index contributed by atoms with van der Waals surface area (Å²) < 4.78 is 20.0. The Labute approximate surface area is 165 Å². The van der Waals surface area contributed by atoms with Crippen molar-refractivity contribution in [3.8, 4) is 11.5 Å². The van der Waals surface area contributed by atoms with Crippen molar-refractivity contribution in [2.24, 2.45) is 0 Å². The van der Waals surface area contributed by atoms with Crippen LogP contribution in [0.25, 0.3) is 0 Å². The van der Waals surface area contributed by atoms with Crippen LogP contribution in [0.2, 0.25) is 5.02 Å². The van der Waals surface area contributed by atoms with Gasteiger partial charge in [-0.25, -0.2) is 9.59 Å². The Morgan fingerprint density at radius 1 is 0.808 bits per heavy atom. The van der Waals surface area contributed by atoms with Crippen LogP contribution in [0.4, 0.5) is 0 Å². The van der Waals surface area contributed by atoms with Crippen molar-refractivity contribution < 1.29 is 28.5 Å². The normalized spacial score (nSPS) is 9.46. The molecule has 6 nitrogen and oxygen atoms in total. The van der Waals surface area contributed by atoms with E-state index in [1.165, 1.54) is 28.4 Å². The number of methoxy groups -OCH3 is 4. The van der Waals surface area contributed by atoms with Crippen LogP contribution < -0.4 is 9.47 Å².